The van der Waals surface area contributed by atoms with Crippen LogP contribution in [0.25, 0.3) is 137 Å². The summed E-state index contributed by atoms with van der Waals surface area (Å²) in [6.45, 7) is 14.2. The molecule has 0 saturated carbocycles. The number of hydrogen-bond acceptors (Lipinski definition) is 0. The Morgan fingerprint density at radius 3 is 1.64 bits per heavy atom. The molecule has 5 heterocycles. The lowest BCUT2D eigenvalue weighted by Gasteiger charge is -2.35. The molecule has 3 aliphatic rings. The standard InChI is InChI=1S/C68H48BN3/c1-67(2,3)40-27-30-53-49(32-40)61-44-19-10-8-16-39(44)31-51-66(61)71(53)57-35-42(70-54-24-14-23-48-46-21-12-11-20-45(46)47-22-13-17-38-26-29-56(70)63(59(38)47)62(48)54)36-58-64(57)69(51)52-34-41(68(4,5)6)33-50-60-43-18-9-7-15-37(43)25-28-55(60)72(58)65(50)52/h7-36H,1-6H3. The zero-order valence-electron chi connectivity index (χ0n) is 41.2. The molecule has 0 atom stereocenters. The van der Waals surface area contributed by atoms with E-state index >= 15 is 0 Å². The Morgan fingerprint density at radius 1 is 0.333 bits per heavy atom. The lowest BCUT2D eigenvalue weighted by molar-refractivity contribution is 0.591. The van der Waals surface area contributed by atoms with Crippen LogP contribution in [-0.2, 0) is 10.8 Å². The molecular formula is C68H48BN3. The second-order valence-electron chi connectivity index (χ2n) is 23.2. The van der Waals surface area contributed by atoms with E-state index in [0.29, 0.717) is 0 Å². The summed E-state index contributed by atoms with van der Waals surface area (Å²) in [5.41, 5.74) is 23.2. The van der Waals surface area contributed by atoms with Gasteiger partial charge in [0.25, 0.3) is 6.71 Å². The predicted molar refractivity (Wildman–Crippen MR) is 308 cm³/mol. The minimum atomic E-state index is -0.0786. The minimum absolute atomic E-state index is 0.0127. The molecule has 4 heteroatoms. The average molecular weight is 918 g/mol. The molecule has 11 aromatic carbocycles. The van der Waals surface area contributed by atoms with Crippen LogP contribution in [-0.4, -0.2) is 20.4 Å². The highest BCUT2D eigenvalue weighted by atomic mass is 15.1. The molecule has 0 radical (unpaired) electrons. The Hall–Kier alpha value is -8.34. The number of benzene rings is 11. The van der Waals surface area contributed by atoms with E-state index in [2.05, 4.69) is 237 Å². The maximum atomic E-state index is 2.68. The quantitative estimate of drug-likeness (QED) is 0.146. The van der Waals surface area contributed by atoms with Gasteiger partial charge in [-0.1, -0.05) is 175 Å². The SMILES string of the molecule is CC(C)(C)c1ccc2c(c1)c1c3ccccc3cc3c1n2-c1cc(-n2c4cccc5c4c4c6c(cccc6ccc42)-c2ccccc2-5)cc2c1B3c1cc(C(C)(C)C)cc3c4c5ccccc5ccc4n-2c13. The maximum absolute atomic E-state index is 2.68. The van der Waals surface area contributed by atoms with E-state index in [1.54, 1.807) is 0 Å². The van der Waals surface area contributed by atoms with Crippen molar-refractivity contribution in [1.82, 2.24) is 13.7 Å². The van der Waals surface area contributed by atoms with E-state index in [0.717, 1.165) is 0 Å². The Balaban J connectivity index is 1.11. The molecule has 0 unspecified atom stereocenters. The molecule has 0 N–H and O–H groups in total. The summed E-state index contributed by atoms with van der Waals surface area (Å²) in [5.74, 6) is 0. The molecule has 0 amide bonds. The summed E-state index contributed by atoms with van der Waals surface area (Å²) >= 11 is 0. The van der Waals surface area contributed by atoms with Gasteiger partial charge in [0, 0.05) is 49.2 Å². The van der Waals surface area contributed by atoms with E-state index in [9.17, 15) is 0 Å². The van der Waals surface area contributed by atoms with Crippen LogP contribution in [0.3, 0.4) is 0 Å². The third-order valence-electron chi connectivity index (χ3n) is 17.4. The monoisotopic (exact) mass is 917 g/mol. The normalized spacial score (nSPS) is 13.7. The Labute approximate surface area is 417 Å². The van der Waals surface area contributed by atoms with Crippen molar-refractivity contribution in [1.29, 1.82) is 0 Å². The fourth-order valence-electron chi connectivity index (χ4n) is 14.2. The van der Waals surface area contributed by atoms with Crippen molar-refractivity contribution < 1.29 is 0 Å². The molecule has 1 aliphatic carbocycles. The van der Waals surface area contributed by atoms with Gasteiger partial charge in [-0.05, 0) is 141 Å². The minimum Gasteiger partial charge on any atom is -0.310 e. The van der Waals surface area contributed by atoms with Crippen LogP contribution in [0.4, 0.5) is 0 Å². The molecule has 0 fully saturated rings. The first-order chi connectivity index (χ1) is 35.0. The van der Waals surface area contributed by atoms with Crippen molar-refractivity contribution in [3.05, 3.63) is 193 Å². The first-order valence-corrected chi connectivity index (χ1v) is 25.8. The van der Waals surface area contributed by atoms with Crippen LogP contribution in [0.2, 0.25) is 0 Å². The largest absolute Gasteiger partial charge is 0.310 e. The van der Waals surface area contributed by atoms with Gasteiger partial charge >= 0.3 is 0 Å². The van der Waals surface area contributed by atoms with E-state index in [-0.39, 0.29) is 17.5 Å². The van der Waals surface area contributed by atoms with Crippen molar-refractivity contribution >= 4 is 121 Å². The van der Waals surface area contributed by atoms with Crippen LogP contribution in [0.5, 0.6) is 0 Å². The van der Waals surface area contributed by atoms with E-state index in [1.165, 1.54) is 165 Å². The average Bonchev–Trinajstić information content (AvgIpc) is 4.02. The van der Waals surface area contributed by atoms with Gasteiger partial charge in [0.2, 0.25) is 0 Å². The first-order valence-electron chi connectivity index (χ1n) is 25.8. The molecule has 14 aromatic rings. The number of nitrogens with zero attached hydrogens (tertiary/aromatic N) is 3. The summed E-state index contributed by atoms with van der Waals surface area (Å²) in [6, 6.07) is 70.7. The van der Waals surface area contributed by atoms with Crippen molar-refractivity contribution in [2.75, 3.05) is 0 Å². The molecule has 72 heavy (non-hydrogen) atoms. The topological polar surface area (TPSA) is 14.8 Å². The number of aromatic nitrogens is 3. The van der Waals surface area contributed by atoms with Crippen molar-refractivity contribution in [3.8, 4) is 39.3 Å². The fourth-order valence-corrected chi connectivity index (χ4v) is 14.2. The first kappa shape index (κ1) is 39.4. The van der Waals surface area contributed by atoms with E-state index in [1.807, 2.05) is 0 Å². The van der Waals surface area contributed by atoms with Crippen LogP contribution in [0.15, 0.2) is 182 Å². The van der Waals surface area contributed by atoms with Gasteiger partial charge in [0.05, 0.1) is 33.3 Å². The highest BCUT2D eigenvalue weighted by molar-refractivity contribution is 7.00. The van der Waals surface area contributed by atoms with Gasteiger partial charge in [-0.2, -0.15) is 0 Å². The highest BCUT2D eigenvalue weighted by Gasteiger charge is 2.43. The predicted octanol–water partition coefficient (Wildman–Crippen LogP) is 15.8. The summed E-state index contributed by atoms with van der Waals surface area (Å²) < 4.78 is 7.97. The molecule has 0 saturated heterocycles. The van der Waals surface area contributed by atoms with Gasteiger partial charge in [0.15, 0.2) is 0 Å². The van der Waals surface area contributed by atoms with Gasteiger partial charge in [-0.15, -0.1) is 0 Å². The molecule has 0 spiro atoms. The second-order valence-corrected chi connectivity index (χ2v) is 23.2. The molecule has 338 valence electrons. The van der Waals surface area contributed by atoms with E-state index < -0.39 is 0 Å². The zero-order valence-corrected chi connectivity index (χ0v) is 41.2. The van der Waals surface area contributed by atoms with Crippen LogP contribution in [0, 0.1) is 0 Å². The highest BCUT2D eigenvalue weighted by Crippen LogP contribution is 2.51. The summed E-state index contributed by atoms with van der Waals surface area (Å²) in [5, 5.41) is 15.8. The van der Waals surface area contributed by atoms with Crippen molar-refractivity contribution in [2.24, 2.45) is 0 Å². The van der Waals surface area contributed by atoms with Gasteiger partial charge in [-0.3, -0.25) is 0 Å². The zero-order chi connectivity index (χ0) is 47.8. The Morgan fingerprint density at radius 2 is 0.889 bits per heavy atom. The van der Waals surface area contributed by atoms with Gasteiger partial charge in [0.1, 0.15) is 0 Å². The third-order valence-corrected chi connectivity index (χ3v) is 17.4. The smallest absolute Gasteiger partial charge is 0.252 e. The van der Waals surface area contributed by atoms with Crippen LogP contribution in [0.1, 0.15) is 52.7 Å². The fraction of sp³-hybridized carbons (Fsp3) is 0.118. The van der Waals surface area contributed by atoms with Gasteiger partial charge < -0.3 is 13.7 Å². The molecule has 17 rings (SSSR count). The second kappa shape index (κ2) is 12.9. The lowest BCUT2D eigenvalue weighted by Crippen LogP contribution is -2.59. The summed E-state index contributed by atoms with van der Waals surface area (Å²) in [6.07, 6.45) is 0. The van der Waals surface area contributed by atoms with Crippen LogP contribution >= 0.6 is 0 Å². The van der Waals surface area contributed by atoms with E-state index in [4.69, 9.17) is 0 Å². The number of hydrogen-bond donors (Lipinski definition) is 0. The number of fused-ring (bicyclic) bond motifs is 17. The number of rotatable bonds is 1. The molecule has 3 nitrogen and oxygen atoms in total. The molecule has 2 aliphatic heterocycles. The third kappa shape index (κ3) is 4.70. The maximum Gasteiger partial charge on any atom is 0.252 e. The molecule has 0 bridgehead atoms. The van der Waals surface area contributed by atoms with Gasteiger partial charge in [-0.25, -0.2) is 0 Å². The Kier molecular flexibility index (Phi) is 7.08. The Bertz CT molecular complexity index is 4880. The summed E-state index contributed by atoms with van der Waals surface area (Å²) in [7, 11) is 0. The summed E-state index contributed by atoms with van der Waals surface area (Å²) in [4.78, 5) is 0. The molecular weight excluding hydrogens is 870 g/mol. The molecule has 3 aromatic heterocycles. The van der Waals surface area contributed by atoms with Crippen LogP contribution < -0.4 is 16.4 Å². The van der Waals surface area contributed by atoms with Crippen molar-refractivity contribution in [3.63, 3.8) is 0 Å². The lowest BCUT2D eigenvalue weighted by atomic mass is 9.34. The van der Waals surface area contributed by atoms with Crippen molar-refractivity contribution in [2.45, 2.75) is 52.4 Å².